The topological polar surface area (TPSA) is 97.3 Å². The highest BCUT2D eigenvalue weighted by molar-refractivity contribution is 6.03. The normalized spacial score (nSPS) is 12.0. The Morgan fingerprint density at radius 2 is 0.714 bits per heavy atom. The number of rotatable bonds is 55. The number of aliphatic hydroxyl groups is 2. The third kappa shape index (κ3) is 40.9. The Balaban J connectivity index is 2.92. The van der Waals surface area contributed by atoms with E-state index in [0.29, 0.717) is 61.3 Å². The Bertz CT molecular complexity index is 1300. The van der Waals surface area contributed by atoms with Crippen molar-refractivity contribution in [3.8, 4) is 17.2 Å². The van der Waals surface area contributed by atoms with Crippen molar-refractivity contribution in [1.29, 1.82) is 0 Å². The Kier molecular flexibility index (Phi) is 47.8. The average Bonchev–Trinajstić information content (AvgIpc) is 3.35. The van der Waals surface area contributed by atoms with Crippen molar-refractivity contribution in [1.82, 2.24) is 5.32 Å². The molecule has 0 aliphatic rings. The van der Waals surface area contributed by atoms with Crippen molar-refractivity contribution in [2.45, 2.75) is 304 Å². The maximum atomic E-state index is 13.0. The van der Waals surface area contributed by atoms with Crippen LogP contribution in [0.25, 0.3) is 5.76 Å². The van der Waals surface area contributed by atoms with E-state index in [0.717, 1.165) is 38.5 Å². The zero-order chi connectivity index (χ0) is 50.6. The van der Waals surface area contributed by atoms with Gasteiger partial charge >= 0.3 is 0 Å². The summed E-state index contributed by atoms with van der Waals surface area (Å²) in [5, 5.41) is 23.7. The molecule has 1 rings (SSSR count). The van der Waals surface area contributed by atoms with Gasteiger partial charge in [-0.3, -0.25) is 4.79 Å². The number of hydrogen-bond acceptors (Lipinski definition) is 7. The lowest BCUT2D eigenvalue weighted by molar-refractivity contribution is -0.110. The molecule has 0 saturated heterocycles. The first-order valence-electron chi connectivity index (χ1n) is 30.5. The van der Waals surface area contributed by atoms with E-state index in [1.165, 1.54) is 243 Å². The van der Waals surface area contributed by atoms with Gasteiger partial charge in [0.25, 0.3) is 0 Å². The molecule has 0 atom stereocenters. The van der Waals surface area contributed by atoms with E-state index in [1.807, 2.05) is 19.1 Å². The van der Waals surface area contributed by atoms with Crippen LogP contribution < -0.4 is 19.5 Å². The van der Waals surface area contributed by atoms with Gasteiger partial charge < -0.3 is 29.7 Å². The molecule has 0 spiro atoms. The van der Waals surface area contributed by atoms with Gasteiger partial charge in [-0.1, -0.05) is 271 Å². The molecule has 70 heavy (non-hydrogen) atoms. The minimum absolute atomic E-state index is 0.0850. The van der Waals surface area contributed by atoms with Crippen molar-refractivity contribution in [3.63, 3.8) is 0 Å². The van der Waals surface area contributed by atoms with Crippen molar-refractivity contribution in [3.05, 3.63) is 35.5 Å². The molecule has 0 aliphatic heterocycles. The van der Waals surface area contributed by atoms with E-state index in [-0.39, 0.29) is 18.1 Å². The number of aliphatic hydroxyl groups excluding tert-OH is 2. The second-order valence-corrected chi connectivity index (χ2v) is 20.9. The van der Waals surface area contributed by atoms with Gasteiger partial charge in [-0.15, -0.1) is 0 Å². The van der Waals surface area contributed by atoms with Crippen LogP contribution in [0.3, 0.4) is 0 Å². The monoisotopic (exact) mass is 982 g/mol. The van der Waals surface area contributed by atoms with Gasteiger partial charge in [-0.2, -0.15) is 0 Å². The average molecular weight is 983 g/mol. The largest absolute Gasteiger partial charge is 0.507 e. The first-order valence-corrected chi connectivity index (χ1v) is 30.5. The Labute approximate surface area is 433 Å². The molecule has 0 radical (unpaired) electrons. The van der Waals surface area contributed by atoms with Crippen LogP contribution in [-0.4, -0.2) is 49.0 Å². The van der Waals surface area contributed by atoms with Crippen LogP contribution in [0.4, 0.5) is 0 Å². The lowest BCUT2D eigenvalue weighted by Crippen LogP contribution is -2.14. The van der Waals surface area contributed by atoms with Gasteiger partial charge in [0.1, 0.15) is 5.76 Å². The van der Waals surface area contributed by atoms with Crippen LogP contribution in [0, 0.1) is 0 Å². The Morgan fingerprint density at radius 3 is 1.01 bits per heavy atom. The number of hydrogen-bond donors (Lipinski definition) is 3. The minimum atomic E-state index is -0.320. The van der Waals surface area contributed by atoms with E-state index in [1.54, 1.807) is 0 Å². The van der Waals surface area contributed by atoms with E-state index in [9.17, 15) is 9.90 Å². The number of carbonyl (C=O) groups is 1. The smallest absolute Gasteiger partial charge is 0.203 e. The van der Waals surface area contributed by atoms with E-state index in [4.69, 9.17) is 19.3 Å². The molecule has 0 aromatic heterocycles. The summed E-state index contributed by atoms with van der Waals surface area (Å²) in [5.74, 6) is 1.29. The molecule has 408 valence electrons. The number of benzene rings is 1. The SMILES string of the molecule is CCCCCCCCCCCCCCCCOc1cc(/C(O)=C/C(=O)/C=C(\C)NCCCO)cc(OCCCCCCCCCCCCCCCC)c1OCCCCCCCCCCCCCCCC. The molecule has 0 bridgehead atoms. The quantitative estimate of drug-likeness (QED) is 0.0340. The van der Waals surface area contributed by atoms with Crippen molar-refractivity contribution in [2.24, 2.45) is 0 Å². The van der Waals surface area contributed by atoms with E-state index >= 15 is 0 Å². The van der Waals surface area contributed by atoms with Crippen molar-refractivity contribution in [2.75, 3.05) is 33.0 Å². The standard InChI is InChI=1S/C63H115NO6/c1-5-8-11-14-17-20-23-26-29-32-35-38-41-44-50-68-61-54-58(60(67)56-59(66)53-57(4)64-48-47-49-65)55-62(69-51-45-42-39-36-33-30-27-24-21-18-15-12-9-6-2)63(61)70-52-46-43-40-37-34-31-28-25-22-19-16-13-10-7-3/h53-56,64-65,67H,5-52H2,1-4H3/b57-53+,60-56-. The van der Waals surface area contributed by atoms with Gasteiger partial charge in [0, 0.05) is 36.6 Å². The number of allylic oxidation sites excluding steroid dienone is 3. The highest BCUT2D eigenvalue weighted by atomic mass is 16.5. The summed E-state index contributed by atoms with van der Waals surface area (Å²) in [6.45, 7) is 11.0. The lowest BCUT2D eigenvalue weighted by Gasteiger charge is -2.19. The molecule has 0 saturated carbocycles. The lowest BCUT2D eigenvalue weighted by atomic mass is 10.0. The molecule has 0 amide bonds. The van der Waals surface area contributed by atoms with Crippen LogP contribution in [0.15, 0.2) is 30.0 Å². The summed E-state index contributed by atoms with van der Waals surface area (Å²) < 4.78 is 19.7. The molecule has 0 fully saturated rings. The molecule has 1 aromatic carbocycles. The minimum Gasteiger partial charge on any atom is -0.507 e. The fourth-order valence-electron chi connectivity index (χ4n) is 9.40. The molecule has 7 nitrogen and oxygen atoms in total. The second-order valence-electron chi connectivity index (χ2n) is 20.9. The summed E-state index contributed by atoms with van der Waals surface area (Å²) in [4.78, 5) is 13.0. The summed E-state index contributed by atoms with van der Waals surface area (Å²) in [6.07, 6.45) is 58.2. The zero-order valence-corrected chi connectivity index (χ0v) is 46.8. The Morgan fingerprint density at radius 1 is 0.429 bits per heavy atom. The molecular weight excluding hydrogens is 867 g/mol. The predicted octanol–water partition coefficient (Wildman–Crippen LogP) is 19.6. The fraction of sp³-hybridized carbons (Fsp3) is 0.825. The number of ether oxygens (including phenoxy) is 3. The molecule has 0 heterocycles. The third-order valence-corrected chi connectivity index (χ3v) is 13.9. The summed E-state index contributed by atoms with van der Waals surface area (Å²) in [5.41, 5.74) is 1.16. The van der Waals surface area contributed by atoms with E-state index in [2.05, 4.69) is 26.1 Å². The maximum Gasteiger partial charge on any atom is 0.203 e. The second kappa shape index (κ2) is 51.2. The van der Waals surface area contributed by atoms with Crippen molar-refractivity contribution < 1.29 is 29.2 Å². The molecule has 1 aromatic rings. The molecule has 0 unspecified atom stereocenters. The van der Waals surface area contributed by atoms with Crippen LogP contribution >= 0.6 is 0 Å². The van der Waals surface area contributed by atoms with Crippen LogP contribution in [-0.2, 0) is 4.79 Å². The molecule has 3 N–H and O–H groups in total. The number of unbranched alkanes of at least 4 members (excludes halogenated alkanes) is 39. The first kappa shape index (κ1) is 65.3. The van der Waals surface area contributed by atoms with Crippen LogP contribution in [0.2, 0.25) is 0 Å². The van der Waals surface area contributed by atoms with Crippen molar-refractivity contribution >= 4 is 11.5 Å². The highest BCUT2D eigenvalue weighted by Gasteiger charge is 2.18. The number of carbonyl (C=O) groups excluding carboxylic acids is 1. The fourth-order valence-corrected chi connectivity index (χ4v) is 9.40. The summed E-state index contributed by atoms with van der Waals surface area (Å²) in [7, 11) is 0. The highest BCUT2D eigenvalue weighted by Crippen LogP contribution is 2.41. The van der Waals surface area contributed by atoms with Gasteiger partial charge in [-0.25, -0.2) is 0 Å². The zero-order valence-electron chi connectivity index (χ0n) is 46.8. The summed E-state index contributed by atoms with van der Waals surface area (Å²) >= 11 is 0. The first-order chi connectivity index (χ1) is 34.5. The van der Waals surface area contributed by atoms with Gasteiger partial charge in [0.15, 0.2) is 17.3 Å². The molecular formula is C63H115NO6. The summed E-state index contributed by atoms with van der Waals surface area (Å²) in [6, 6.07) is 3.64. The van der Waals surface area contributed by atoms with Crippen LogP contribution in [0.1, 0.15) is 309 Å². The van der Waals surface area contributed by atoms with Gasteiger partial charge in [0.05, 0.1) is 19.8 Å². The number of nitrogens with one attached hydrogen (secondary N) is 1. The van der Waals surface area contributed by atoms with Gasteiger partial charge in [-0.05, 0) is 44.7 Å². The number of ketones is 1. The van der Waals surface area contributed by atoms with Crippen LogP contribution in [0.5, 0.6) is 17.2 Å². The van der Waals surface area contributed by atoms with E-state index < -0.39 is 0 Å². The molecule has 7 heteroatoms. The van der Waals surface area contributed by atoms with Gasteiger partial charge in [0.2, 0.25) is 5.75 Å². The maximum absolute atomic E-state index is 13.0. The third-order valence-electron chi connectivity index (χ3n) is 13.9. The Hall–Kier alpha value is -2.67. The molecule has 0 aliphatic carbocycles. The predicted molar refractivity (Wildman–Crippen MR) is 303 cm³/mol.